The van der Waals surface area contributed by atoms with Gasteiger partial charge in [0.05, 0.1) is 6.54 Å². The van der Waals surface area contributed by atoms with Crippen LogP contribution in [-0.2, 0) is 6.61 Å². The first-order valence-corrected chi connectivity index (χ1v) is 8.96. The van der Waals surface area contributed by atoms with Gasteiger partial charge >= 0.3 is 0 Å². The Labute approximate surface area is 159 Å². The number of hydrogen-bond donors (Lipinski definition) is 1. The van der Waals surface area contributed by atoms with Crippen molar-refractivity contribution in [1.29, 1.82) is 0 Å². The fraction of sp³-hybridized carbons (Fsp3) is 0.174. The molecule has 3 aromatic rings. The fourth-order valence-corrected chi connectivity index (χ4v) is 2.68. The number of aryl methyl sites for hydroxylation is 1. The van der Waals surface area contributed by atoms with Crippen molar-refractivity contribution in [2.45, 2.75) is 13.5 Å². The molecule has 0 spiro atoms. The normalized spacial score (nSPS) is 10.3. The average Bonchev–Trinajstić information content (AvgIpc) is 2.70. The number of para-hydroxylation sites is 1. The predicted molar refractivity (Wildman–Crippen MR) is 106 cm³/mol. The van der Waals surface area contributed by atoms with E-state index in [1.807, 2.05) is 79.7 Å². The first-order chi connectivity index (χ1) is 13.2. The molecule has 0 atom stereocenters. The number of rotatable bonds is 8. The lowest BCUT2D eigenvalue weighted by molar-refractivity contribution is 0.0944. The maximum atomic E-state index is 12.5. The molecular weight excluding hydrogens is 338 g/mol. The van der Waals surface area contributed by atoms with Gasteiger partial charge in [0, 0.05) is 11.1 Å². The average molecular weight is 361 g/mol. The number of nitrogens with one attached hydrogen (secondary N) is 1. The number of carbonyl (C=O) groups is 1. The summed E-state index contributed by atoms with van der Waals surface area (Å²) in [5.74, 6) is 1.45. The van der Waals surface area contributed by atoms with Gasteiger partial charge in [-0.25, -0.2) is 0 Å². The highest BCUT2D eigenvalue weighted by Crippen LogP contribution is 2.15. The van der Waals surface area contributed by atoms with E-state index in [0.29, 0.717) is 25.3 Å². The number of benzene rings is 3. The van der Waals surface area contributed by atoms with Crippen LogP contribution >= 0.6 is 0 Å². The van der Waals surface area contributed by atoms with Crippen LogP contribution in [0.2, 0.25) is 0 Å². The maximum Gasteiger partial charge on any atom is 0.251 e. The lowest BCUT2D eigenvalue weighted by Gasteiger charge is -2.12. The van der Waals surface area contributed by atoms with Gasteiger partial charge in [-0.1, -0.05) is 48.5 Å². The summed E-state index contributed by atoms with van der Waals surface area (Å²) < 4.78 is 11.4. The molecule has 3 aromatic carbocycles. The molecule has 0 saturated heterocycles. The Bertz CT molecular complexity index is 878. The molecule has 0 aliphatic heterocycles. The van der Waals surface area contributed by atoms with E-state index >= 15 is 0 Å². The highest BCUT2D eigenvalue weighted by atomic mass is 16.5. The van der Waals surface area contributed by atoms with Crippen LogP contribution in [0.15, 0.2) is 78.9 Å². The third-order valence-corrected chi connectivity index (χ3v) is 4.05. The van der Waals surface area contributed by atoms with Crippen LogP contribution in [0, 0.1) is 6.92 Å². The van der Waals surface area contributed by atoms with E-state index in [4.69, 9.17) is 9.47 Å². The maximum absolute atomic E-state index is 12.5. The van der Waals surface area contributed by atoms with Crippen molar-refractivity contribution in [3.63, 3.8) is 0 Å². The Kier molecular flexibility index (Phi) is 6.47. The predicted octanol–water partition coefficient (Wildman–Crippen LogP) is 4.38. The molecule has 0 unspecified atom stereocenters. The molecule has 0 radical (unpaired) electrons. The third-order valence-electron chi connectivity index (χ3n) is 4.05. The van der Waals surface area contributed by atoms with Gasteiger partial charge in [-0.3, -0.25) is 4.79 Å². The zero-order chi connectivity index (χ0) is 18.9. The Morgan fingerprint density at radius 1 is 0.852 bits per heavy atom. The van der Waals surface area contributed by atoms with Crippen molar-refractivity contribution in [1.82, 2.24) is 5.32 Å². The van der Waals surface area contributed by atoms with Crippen molar-refractivity contribution < 1.29 is 14.3 Å². The van der Waals surface area contributed by atoms with Crippen molar-refractivity contribution in [2.24, 2.45) is 0 Å². The molecular formula is C23H23NO3. The number of hydrogen-bond acceptors (Lipinski definition) is 3. The molecule has 0 saturated carbocycles. The van der Waals surface area contributed by atoms with E-state index in [-0.39, 0.29) is 5.91 Å². The Morgan fingerprint density at radius 3 is 2.41 bits per heavy atom. The van der Waals surface area contributed by atoms with Gasteiger partial charge in [-0.2, -0.15) is 0 Å². The molecule has 0 bridgehead atoms. The summed E-state index contributed by atoms with van der Waals surface area (Å²) in [5.41, 5.74) is 2.60. The molecule has 0 heterocycles. The molecule has 0 aliphatic carbocycles. The van der Waals surface area contributed by atoms with Gasteiger partial charge in [-0.15, -0.1) is 0 Å². The van der Waals surface area contributed by atoms with E-state index in [1.165, 1.54) is 0 Å². The highest BCUT2D eigenvalue weighted by Gasteiger charge is 2.11. The van der Waals surface area contributed by atoms with Crippen molar-refractivity contribution in [3.8, 4) is 11.5 Å². The minimum Gasteiger partial charge on any atom is -0.492 e. The summed E-state index contributed by atoms with van der Waals surface area (Å²) in [7, 11) is 0. The van der Waals surface area contributed by atoms with Gasteiger partial charge in [0.1, 0.15) is 24.7 Å². The van der Waals surface area contributed by atoms with Gasteiger partial charge in [0.15, 0.2) is 0 Å². The van der Waals surface area contributed by atoms with Crippen LogP contribution < -0.4 is 14.8 Å². The second-order valence-electron chi connectivity index (χ2n) is 6.18. The van der Waals surface area contributed by atoms with E-state index in [9.17, 15) is 4.79 Å². The largest absolute Gasteiger partial charge is 0.492 e. The Balaban J connectivity index is 1.52. The molecule has 138 valence electrons. The quantitative estimate of drug-likeness (QED) is 0.606. The molecule has 0 fully saturated rings. The van der Waals surface area contributed by atoms with Crippen LogP contribution in [-0.4, -0.2) is 19.1 Å². The van der Waals surface area contributed by atoms with E-state index < -0.39 is 0 Å². The molecule has 0 aromatic heterocycles. The minimum absolute atomic E-state index is 0.130. The van der Waals surface area contributed by atoms with Crippen LogP contribution in [0.1, 0.15) is 21.5 Å². The summed E-state index contributed by atoms with van der Waals surface area (Å²) in [5, 5.41) is 2.90. The molecule has 4 heteroatoms. The first kappa shape index (κ1) is 18.5. The summed E-state index contributed by atoms with van der Waals surface area (Å²) >= 11 is 0. The molecule has 0 aliphatic rings. The lowest BCUT2D eigenvalue weighted by Crippen LogP contribution is -2.29. The molecule has 27 heavy (non-hydrogen) atoms. The number of amides is 1. The molecule has 4 nitrogen and oxygen atoms in total. The van der Waals surface area contributed by atoms with Gasteiger partial charge < -0.3 is 14.8 Å². The third kappa shape index (κ3) is 5.61. The molecule has 3 rings (SSSR count). The SMILES string of the molecule is Cc1cccc(OCCNC(=O)c2ccccc2COc2ccccc2)c1. The second-order valence-corrected chi connectivity index (χ2v) is 6.18. The lowest BCUT2D eigenvalue weighted by atomic mass is 10.1. The van der Waals surface area contributed by atoms with Gasteiger partial charge in [0.25, 0.3) is 5.91 Å². The van der Waals surface area contributed by atoms with Crippen molar-refractivity contribution in [3.05, 3.63) is 95.6 Å². The van der Waals surface area contributed by atoms with Crippen molar-refractivity contribution in [2.75, 3.05) is 13.2 Å². The highest BCUT2D eigenvalue weighted by molar-refractivity contribution is 5.95. The van der Waals surface area contributed by atoms with Crippen LogP contribution in [0.25, 0.3) is 0 Å². The molecule has 1 amide bonds. The number of ether oxygens (including phenoxy) is 2. The van der Waals surface area contributed by atoms with Crippen LogP contribution in [0.3, 0.4) is 0 Å². The first-order valence-electron chi connectivity index (χ1n) is 8.96. The van der Waals surface area contributed by atoms with Crippen molar-refractivity contribution >= 4 is 5.91 Å². The summed E-state index contributed by atoms with van der Waals surface area (Å²) in [6.45, 7) is 3.20. The topological polar surface area (TPSA) is 47.6 Å². The summed E-state index contributed by atoms with van der Waals surface area (Å²) in [6.07, 6.45) is 0. The molecule has 1 N–H and O–H groups in total. The Morgan fingerprint density at radius 2 is 1.59 bits per heavy atom. The van der Waals surface area contributed by atoms with Crippen LogP contribution in [0.4, 0.5) is 0 Å². The van der Waals surface area contributed by atoms with E-state index in [0.717, 1.165) is 22.6 Å². The summed E-state index contributed by atoms with van der Waals surface area (Å²) in [6, 6.07) is 24.9. The van der Waals surface area contributed by atoms with E-state index in [1.54, 1.807) is 6.07 Å². The zero-order valence-corrected chi connectivity index (χ0v) is 15.4. The second kappa shape index (κ2) is 9.43. The van der Waals surface area contributed by atoms with Crippen LogP contribution in [0.5, 0.6) is 11.5 Å². The summed E-state index contributed by atoms with van der Waals surface area (Å²) in [4.78, 5) is 12.5. The Hall–Kier alpha value is -3.27. The fourth-order valence-electron chi connectivity index (χ4n) is 2.68. The van der Waals surface area contributed by atoms with E-state index in [2.05, 4.69) is 5.32 Å². The minimum atomic E-state index is -0.130. The van der Waals surface area contributed by atoms with Gasteiger partial charge in [-0.05, 0) is 42.8 Å². The smallest absolute Gasteiger partial charge is 0.251 e. The monoisotopic (exact) mass is 361 g/mol. The standard InChI is InChI=1S/C23H23NO3/c1-18-8-7-12-21(16-18)26-15-14-24-23(25)22-13-6-5-9-19(22)17-27-20-10-3-2-4-11-20/h2-13,16H,14-15,17H2,1H3,(H,24,25). The number of carbonyl (C=O) groups excluding carboxylic acids is 1. The zero-order valence-electron chi connectivity index (χ0n) is 15.4. The van der Waals surface area contributed by atoms with Gasteiger partial charge in [0.2, 0.25) is 0 Å².